The van der Waals surface area contributed by atoms with Crippen LogP contribution in [0.1, 0.15) is 55.3 Å². The first-order valence-corrected chi connectivity index (χ1v) is 7.30. The second kappa shape index (κ2) is 7.06. The Morgan fingerprint density at radius 1 is 0.808 bits per heavy atom. The van der Waals surface area contributed by atoms with E-state index in [1.165, 1.54) is 25.1 Å². The fraction of sp³-hybridized carbons (Fsp3) is 0.111. The van der Waals surface area contributed by atoms with Crippen LogP contribution in [0.5, 0.6) is 17.2 Å². The highest BCUT2D eigenvalue weighted by Gasteiger charge is 2.24. The van der Waals surface area contributed by atoms with Crippen LogP contribution in [0.2, 0.25) is 0 Å². The van der Waals surface area contributed by atoms with Crippen LogP contribution in [0.4, 0.5) is 0 Å². The molecule has 8 nitrogen and oxygen atoms in total. The lowest BCUT2D eigenvalue weighted by atomic mass is 10.0. The number of aromatic hydroxyl groups is 2. The van der Waals surface area contributed by atoms with Gasteiger partial charge in [0.1, 0.15) is 33.9 Å². The lowest BCUT2D eigenvalue weighted by molar-refractivity contribution is 0.0693. The minimum atomic E-state index is -1.46. The van der Waals surface area contributed by atoms with Crippen LogP contribution in [0.3, 0.4) is 0 Å². The number of hydrogen-bond donors (Lipinski definition) is 3. The minimum Gasteiger partial charge on any atom is -0.506 e. The van der Waals surface area contributed by atoms with Gasteiger partial charge in [-0.1, -0.05) is 6.07 Å². The summed E-state index contributed by atoms with van der Waals surface area (Å²) in [7, 11) is 0. The van der Waals surface area contributed by atoms with E-state index in [0.29, 0.717) is 0 Å². The lowest BCUT2D eigenvalue weighted by Crippen LogP contribution is -2.13. The fourth-order valence-electron chi connectivity index (χ4n) is 2.32. The molecular formula is C18H14O8. The summed E-state index contributed by atoms with van der Waals surface area (Å²) in [5, 5.41) is 29.0. The van der Waals surface area contributed by atoms with Crippen molar-refractivity contribution in [2.75, 3.05) is 0 Å². The van der Waals surface area contributed by atoms with Gasteiger partial charge in [-0.05, 0) is 38.1 Å². The molecule has 0 bridgehead atoms. The highest BCUT2D eigenvalue weighted by atomic mass is 16.5. The summed E-state index contributed by atoms with van der Waals surface area (Å²) in [4.78, 5) is 46.6. The molecule has 0 unspecified atom stereocenters. The third-order valence-corrected chi connectivity index (χ3v) is 3.56. The molecule has 134 valence electrons. The molecule has 2 aromatic carbocycles. The number of carboxylic acid groups (broad SMARTS) is 1. The number of rotatable bonds is 5. The van der Waals surface area contributed by atoms with E-state index in [2.05, 4.69) is 0 Å². The fourth-order valence-corrected chi connectivity index (χ4v) is 2.32. The van der Waals surface area contributed by atoms with Gasteiger partial charge in [0.25, 0.3) is 0 Å². The Kier molecular flexibility index (Phi) is 5.06. The van der Waals surface area contributed by atoms with E-state index in [-0.39, 0.29) is 16.9 Å². The number of Topliss-reactive ketones (excluding diaryl/α,β-unsaturated/α-hetero) is 2. The second-order valence-electron chi connectivity index (χ2n) is 5.34. The van der Waals surface area contributed by atoms with Crippen molar-refractivity contribution in [3.8, 4) is 17.2 Å². The van der Waals surface area contributed by atoms with Crippen molar-refractivity contribution in [1.29, 1.82) is 0 Å². The summed E-state index contributed by atoms with van der Waals surface area (Å²) in [6.07, 6.45) is 0. The third kappa shape index (κ3) is 3.39. The number of phenolic OH excluding ortho intramolecular Hbond substituents is 1. The number of benzene rings is 2. The molecule has 0 atom stereocenters. The SMILES string of the molecule is CC(=O)c1cccc(C(=O)Oc2ccc(C(=O)O)c(O)c2C(C)=O)c1O. The van der Waals surface area contributed by atoms with Crippen LogP contribution in [0.15, 0.2) is 30.3 Å². The van der Waals surface area contributed by atoms with Crippen LogP contribution in [0, 0.1) is 0 Å². The van der Waals surface area contributed by atoms with Gasteiger partial charge < -0.3 is 20.1 Å². The first kappa shape index (κ1) is 18.7. The number of para-hydroxylation sites is 1. The molecule has 0 aromatic heterocycles. The number of ketones is 2. The molecule has 0 aliphatic carbocycles. The number of ether oxygens (including phenoxy) is 1. The van der Waals surface area contributed by atoms with Gasteiger partial charge in [-0.25, -0.2) is 9.59 Å². The number of esters is 1. The van der Waals surface area contributed by atoms with Crippen LogP contribution < -0.4 is 4.74 Å². The Bertz CT molecular complexity index is 942. The standard InChI is InChI=1S/C18H14O8/c1-8(19)10-4-3-5-12(15(10)21)18(25)26-13-7-6-11(17(23)24)16(22)14(13)9(2)20/h3-7,21-22H,1-2H3,(H,23,24). The molecule has 8 heteroatoms. The predicted molar refractivity (Wildman–Crippen MR) is 88.1 cm³/mol. The van der Waals surface area contributed by atoms with Gasteiger partial charge >= 0.3 is 11.9 Å². The van der Waals surface area contributed by atoms with Crippen LogP contribution in [-0.4, -0.2) is 38.8 Å². The topological polar surface area (TPSA) is 138 Å². The number of hydrogen-bond acceptors (Lipinski definition) is 7. The van der Waals surface area contributed by atoms with Crippen molar-refractivity contribution in [3.63, 3.8) is 0 Å². The van der Waals surface area contributed by atoms with E-state index in [1.54, 1.807) is 0 Å². The quantitative estimate of drug-likeness (QED) is 0.421. The molecular weight excluding hydrogens is 344 g/mol. The van der Waals surface area contributed by atoms with Crippen LogP contribution >= 0.6 is 0 Å². The first-order valence-electron chi connectivity index (χ1n) is 7.30. The molecule has 0 fully saturated rings. The molecule has 0 amide bonds. The van der Waals surface area contributed by atoms with E-state index in [4.69, 9.17) is 9.84 Å². The Morgan fingerprint density at radius 2 is 1.42 bits per heavy atom. The molecule has 0 aliphatic rings. The van der Waals surface area contributed by atoms with Crippen molar-refractivity contribution < 1.29 is 39.2 Å². The van der Waals surface area contributed by atoms with E-state index in [1.807, 2.05) is 0 Å². The van der Waals surface area contributed by atoms with Crippen molar-refractivity contribution in [3.05, 3.63) is 52.6 Å². The van der Waals surface area contributed by atoms with Gasteiger partial charge in [0, 0.05) is 0 Å². The summed E-state index contributed by atoms with van der Waals surface area (Å²) >= 11 is 0. The Labute approximate surface area is 147 Å². The Hall–Kier alpha value is -3.68. The second-order valence-corrected chi connectivity index (χ2v) is 5.34. The van der Waals surface area contributed by atoms with Crippen molar-refractivity contribution in [1.82, 2.24) is 0 Å². The normalized spacial score (nSPS) is 10.2. The maximum atomic E-state index is 12.3. The van der Waals surface area contributed by atoms with Gasteiger partial charge in [0.15, 0.2) is 11.6 Å². The van der Waals surface area contributed by atoms with Gasteiger partial charge in [-0.2, -0.15) is 0 Å². The molecule has 0 aliphatic heterocycles. The Balaban J connectivity index is 2.49. The zero-order valence-electron chi connectivity index (χ0n) is 13.8. The molecule has 0 saturated heterocycles. The minimum absolute atomic E-state index is 0.0877. The van der Waals surface area contributed by atoms with E-state index < -0.39 is 46.1 Å². The number of aromatic carboxylic acids is 1. The molecule has 0 heterocycles. The summed E-state index contributed by atoms with van der Waals surface area (Å²) in [5.74, 6) is -5.54. The van der Waals surface area contributed by atoms with E-state index in [0.717, 1.165) is 19.1 Å². The predicted octanol–water partition coefficient (Wildman–Crippen LogP) is 2.42. The Morgan fingerprint density at radius 3 is 1.96 bits per heavy atom. The van der Waals surface area contributed by atoms with E-state index in [9.17, 15) is 29.4 Å². The maximum absolute atomic E-state index is 12.3. The molecule has 0 spiro atoms. The largest absolute Gasteiger partial charge is 0.506 e. The average Bonchev–Trinajstić information content (AvgIpc) is 2.53. The zero-order chi connectivity index (χ0) is 19.6. The first-order chi connectivity index (χ1) is 12.1. The summed E-state index contributed by atoms with van der Waals surface area (Å²) < 4.78 is 5.04. The average molecular weight is 358 g/mol. The van der Waals surface area contributed by atoms with Crippen LogP contribution in [-0.2, 0) is 0 Å². The summed E-state index contributed by atoms with van der Waals surface area (Å²) in [5.41, 5.74) is -1.43. The summed E-state index contributed by atoms with van der Waals surface area (Å²) in [6.45, 7) is 2.27. The number of phenols is 2. The maximum Gasteiger partial charge on any atom is 0.347 e. The zero-order valence-corrected chi connectivity index (χ0v) is 13.8. The number of carbonyl (C=O) groups excluding carboxylic acids is 3. The smallest absolute Gasteiger partial charge is 0.347 e. The highest BCUT2D eigenvalue weighted by molar-refractivity contribution is 6.06. The summed E-state index contributed by atoms with van der Waals surface area (Å²) in [6, 6.07) is 5.91. The number of carbonyl (C=O) groups is 4. The van der Waals surface area contributed by atoms with Crippen molar-refractivity contribution in [2.45, 2.75) is 13.8 Å². The van der Waals surface area contributed by atoms with Crippen molar-refractivity contribution in [2.24, 2.45) is 0 Å². The van der Waals surface area contributed by atoms with Crippen molar-refractivity contribution >= 4 is 23.5 Å². The molecule has 2 aromatic rings. The molecule has 26 heavy (non-hydrogen) atoms. The molecule has 2 rings (SSSR count). The monoisotopic (exact) mass is 358 g/mol. The molecule has 3 N–H and O–H groups in total. The molecule has 0 radical (unpaired) electrons. The van der Waals surface area contributed by atoms with Gasteiger partial charge in [-0.3, -0.25) is 9.59 Å². The lowest BCUT2D eigenvalue weighted by Gasteiger charge is -2.12. The third-order valence-electron chi connectivity index (χ3n) is 3.56. The number of carboxylic acids is 1. The van der Waals surface area contributed by atoms with Gasteiger partial charge in [0.2, 0.25) is 0 Å². The van der Waals surface area contributed by atoms with Gasteiger partial charge in [-0.15, -0.1) is 0 Å². The van der Waals surface area contributed by atoms with E-state index >= 15 is 0 Å². The van der Waals surface area contributed by atoms with Crippen LogP contribution in [0.25, 0.3) is 0 Å². The van der Waals surface area contributed by atoms with Gasteiger partial charge in [0.05, 0.1) is 5.56 Å². The highest BCUT2D eigenvalue weighted by Crippen LogP contribution is 2.33. The molecule has 0 saturated carbocycles.